The molecule has 30 heavy (non-hydrogen) atoms. The quantitative estimate of drug-likeness (QED) is 0.407. The van der Waals surface area contributed by atoms with E-state index >= 15 is 0 Å². The molecule has 0 aromatic heterocycles. The second-order valence-corrected chi connectivity index (χ2v) is 8.07. The van der Waals surface area contributed by atoms with Crippen LogP contribution in [0.5, 0.6) is 5.75 Å². The molecule has 2 rings (SSSR count). The predicted molar refractivity (Wildman–Crippen MR) is 118 cm³/mol. The maximum absolute atomic E-state index is 12.4. The Morgan fingerprint density at radius 2 is 1.73 bits per heavy atom. The molecule has 0 aliphatic heterocycles. The Morgan fingerprint density at radius 1 is 1.10 bits per heavy atom. The molecule has 0 saturated carbocycles. The highest BCUT2D eigenvalue weighted by atomic mass is 35.5. The Bertz CT molecular complexity index is 976. The van der Waals surface area contributed by atoms with Crippen molar-refractivity contribution in [1.29, 1.82) is 0 Å². The third kappa shape index (κ3) is 6.82. The van der Waals surface area contributed by atoms with Crippen LogP contribution in [0.2, 0.25) is 5.02 Å². The van der Waals surface area contributed by atoms with Crippen molar-refractivity contribution in [1.82, 2.24) is 0 Å². The number of nitrogens with one attached hydrogen (secondary N) is 2. The first-order chi connectivity index (χ1) is 14.2. The number of amides is 2. The Kier molecular flexibility index (Phi) is 8.32. The van der Waals surface area contributed by atoms with Crippen molar-refractivity contribution in [3.8, 4) is 5.75 Å². The number of carboxylic acids is 1. The molecule has 0 fully saturated rings. The van der Waals surface area contributed by atoms with Crippen LogP contribution in [0.4, 0.5) is 11.4 Å². The minimum Gasteiger partial charge on any atom is -0.495 e. The molecule has 0 bridgehead atoms. The summed E-state index contributed by atoms with van der Waals surface area (Å²) in [6, 6.07) is 11.9. The van der Waals surface area contributed by atoms with E-state index in [0.29, 0.717) is 22.1 Å². The number of aliphatic carboxylic acids is 1. The van der Waals surface area contributed by atoms with E-state index in [4.69, 9.17) is 21.4 Å². The molecular weight excluding hydrogens is 428 g/mol. The number of hydrogen-bond acceptors (Lipinski definition) is 5. The lowest BCUT2D eigenvalue weighted by atomic mass is 10.2. The van der Waals surface area contributed by atoms with Crippen LogP contribution in [0.25, 0.3) is 0 Å². The van der Waals surface area contributed by atoms with E-state index in [0.717, 1.165) is 11.0 Å². The summed E-state index contributed by atoms with van der Waals surface area (Å²) >= 11 is 7.43. The van der Waals surface area contributed by atoms with Gasteiger partial charge in [-0.05, 0) is 56.3 Å². The molecule has 3 N–H and O–H groups in total. The van der Waals surface area contributed by atoms with Crippen LogP contribution in [-0.4, -0.2) is 35.2 Å². The van der Waals surface area contributed by atoms with Crippen molar-refractivity contribution in [2.45, 2.75) is 24.0 Å². The van der Waals surface area contributed by atoms with Gasteiger partial charge in [0.1, 0.15) is 5.75 Å². The van der Waals surface area contributed by atoms with Crippen LogP contribution in [0.1, 0.15) is 13.8 Å². The van der Waals surface area contributed by atoms with E-state index in [9.17, 15) is 14.4 Å². The van der Waals surface area contributed by atoms with Gasteiger partial charge in [0.25, 0.3) is 0 Å². The van der Waals surface area contributed by atoms with E-state index in [1.807, 2.05) is 0 Å². The number of ether oxygens (including phenoxy) is 1. The number of rotatable bonds is 8. The summed E-state index contributed by atoms with van der Waals surface area (Å²) < 4.78 is 5.09. The predicted octanol–water partition coefficient (Wildman–Crippen LogP) is 4.44. The fraction of sp³-hybridized carbons (Fsp3) is 0.190. The van der Waals surface area contributed by atoms with Gasteiger partial charge in [0, 0.05) is 27.9 Å². The van der Waals surface area contributed by atoms with Crippen LogP contribution in [0, 0.1) is 0 Å². The number of halogens is 1. The van der Waals surface area contributed by atoms with E-state index in [2.05, 4.69) is 10.6 Å². The summed E-state index contributed by atoms with van der Waals surface area (Å²) in [4.78, 5) is 35.8. The Labute approximate surface area is 183 Å². The number of benzene rings is 2. The molecule has 1 atom stereocenters. The number of thioether (sulfide) groups is 1. The highest BCUT2D eigenvalue weighted by molar-refractivity contribution is 8.00. The van der Waals surface area contributed by atoms with Crippen molar-refractivity contribution in [2.24, 2.45) is 0 Å². The van der Waals surface area contributed by atoms with E-state index in [1.165, 1.54) is 25.8 Å². The SMILES string of the molecule is COc1ccc(NC(=O)[C@H](C)Sc2ccc(NC(=O)/C=C(\C)C(=O)O)cc2)cc1Cl. The zero-order valence-corrected chi connectivity index (χ0v) is 18.1. The third-order valence-electron chi connectivity index (χ3n) is 3.91. The van der Waals surface area contributed by atoms with Crippen molar-refractivity contribution in [3.05, 3.63) is 59.1 Å². The Morgan fingerprint density at radius 3 is 2.30 bits per heavy atom. The van der Waals surface area contributed by atoms with Gasteiger partial charge in [-0.15, -0.1) is 11.8 Å². The second kappa shape index (κ2) is 10.7. The van der Waals surface area contributed by atoms with Crippen molar-refractivity contribution in [2.75, 3.05) is 17.7 Å². The van der Waals surface area contributed by atoms with E-state index in [1.54, 1.807) is 49.4 Å². The summed E-state index contributed by atoms with van der Waals surface area (Å²) in [6.45, 7) is 3.12. The average molecular weight is 449 g/mol. The van der Waals surface area contributed by atoms with Crippen molar-refractivity contribution in [3.63, 3.8) is 0 Å². The fourth-order valence-corrected chi connectivity index (χ4v) is 3.42. The van der Waals surface area contributed by atoms with Gasteiger partial charge in [0.05, 0.1) is 17.4 Å². The molecule has 0 radical (unpaired) electrons. The largest absolute Gasteiger partial charge is 0.495 e. The second-order valence-electron chi connectivity index (χ2n) is 6.24. The summed E-state index contributed by atoms with van der Waals surface area (Å²) in [5.74, 6) is -1.34. The van der Waals surface area contributed by atoms with Gasteiger partial charge in [-0.1, -0.05) is 11.6 Å². The van der Waals surface area contributed by atoms with Crippen LogP contribution in [0.15, 0.2) is 59.0 Å². The first-order valence-electron chi connectivity index (χ1n) is 8.83. The summed E-state index contributed by atoms with van der Waals surface area (Å²) in [5, 5.41) is 14.2. The van der Waals surface area contributed by atoms with Crippen molar-refractivity contribution < 1.29 is 24.2 Å². The summed E-state index contributed by atoms with van der Waals surface area (Å²) in [7, 11) is 1.52. The zero-order valence-electron chi connectivity index (χ0n) is 16.6. The van der Waals surface area contributed by atoms with Crippen molar-refractivity contribution >= 4 is 52.5 Å². The number of carbonyl (C=O) groups excluding carboxylic acids is 2. The molecule has 7 nitrogen and oxygen atoms in total. The third-order valence-corrected chi connectivity index (χ3v) is 5.32. The summed E-state index contributed by atoms with van der Waals surface area (Å²) in [5.41, 5.74) is 1.03. The molecular formula is C21H21ClN2O5S. The Hall–Kier alpha value is -2.97. The molecule has 0 aliphatic rings. The maximum Gasteiger partial charge on any atom is 0.331 e. The smallest absolute Gasteiger partial charge is 0.331 e. The van der Waals surface area contributed by atoms with E-state index in [-0.39, 0.29) is 16.7 Å². The number of carbonyl (C=O) groups is 3. The van der Waals surface area contributed by atoms with Crippen LogP contribution < -0.4 is 15.4 Å². The highest BCUT2D eigenvalue weighted by Gasteiger charge is 2.15. The number of carboxylic acid groups (broad SMARTS) is 1. The molecule has 0 heterocycles. The molecule has 158 valence electrons. The minimum absolute atomic E-state index is 0.0577. The van der Waals surface area contributed by atoms with Gasteiger partial charge in [-0.3, -0.25) is 9.59 Å². The van der Waals surface area contributed by atoms with Crippen LogP contribution in [0.3, 0.4) is 0 Å². The molecule has 2 aromatic carbocycles. The van der Waals surface area contributed by atoms with Gasteiger partial charge >= 0.3 is 5.97 Å². The first kappa shape index (κ1) is 23.3. The molecule has 0 unspecified atom stereocenters. The molecule has 0 saturated heterocycles. The molecule has 2 amide bonds. The van der Waals surface area contributed by atoms with Gasteiger partial charge < -0.3 is 20.5 Å². The summed E-state index contributed by atoms with van der Waals surface area (Å²) in [6.07, 6.45) is 1.02. The average Bonchev–Trinajstić information content (AvgIpc) is 2.69. The minimum atomic E-state index is -1.15. The topological polar surface area (TPSA) is 105 Å². The van der Waals surface area contributed by atoms with Crippen LogP contribution >= 0.6 is 23.4 Å². The zero-order chi connectivity index (χ0) is 22.3. The molecule has 0 spiro atoms. The lowest BCUT2D eigenvalue weighted by Crippen LogP contribution is -2.22. The normalized spacial score (nSPS) is 12.1. The van der Waals surface area contributed by atoms with Gasteiger partial charge in [-0.25, -0.2) is 4.79 Å². The Balaban J connectivity index is 1.93. The first-order valence-corrected chi connectivity index (χ1v) is 10.1. The number of methoxy groups -OCH3 is 1. The van der Waals surface area contributed by atoms with Crippen LogP contribution in [-0.2, 0) is 14.4 Å². The monoisotopic (exact) mass is 448 g/mol. The van der Waals surface area contributed by atoms with Gasteiger partial charge in [0.15, 0.2) is 0 Å². The standard InChI is InChI=1S/C21H21ClN2O5S/c1-12(21(27)28)10-19(25)23-14-4-7-16(8-5-14)30-13(2)20(26)24-15-6-9-18(29-3)17(22)11-15/h4-11,13H,1-3H3,(H,23,25)(H,24,26)(H,27,28)/b12-10+/t13-/m0/s1. The van der Waals surface area contributed by atoms with Gasteiger partial charge in [0.2, 0.25) is 11.8 Å². The molecule has 9 heteroatoms. The van der Waals surface area contributed by atoms with E-state index < -0.39 is 11.9 Å². The lowest BCUT2D eigenvalue weighted by Gasteiger charge is -2.13. The fourth-order valence-electron chi connectivity index (χ4n) is 2.30. The maximum atomic E-state index is 12.4. The highest BCUT2D eigenvalue weighted by Crippen LogP contribution is 2.29. The molecule has 0 aliphatic carbocycles. The lowest BCUT2D eigenvalue weighted by molar-refractivity contribution is -0.132. The number of hydrogen-bond donors (Lipinski definition) is 3. The molecule has 2 aromatic rings. The number of anilines is 2. The van der Waals surface area contributed by atoms with Gasteiger partial charge in [-0.2, -0.15) is 0 Å².